The molecule has 0 saturated carbocycles. The molecule has 0 fully saturated rings. The summed E-state index contributed by atoms with van der Waals surface area (Å²) in [5.41, 5.74) is 5.39. The highest BCUT2D eigenvalue weighted by atomic mass is 35.5. The Morgan fingerprint density at radius 2 is 2.29 bits per heavy atom. The minimum Gasteiger partial charge on any atom is -0.496 e. The molecule has 0 aliphatic heterocycles. The second-order valence-electron chi connectivity index (χ2n) is 3.15. The molecular weight excluding hydrogens is 249 g/mol. The second-order valence-corrected chi connectivity index (χ2v) is 3.56. The highest BCUT2D eigenvalue weighted by Gasteiger charge is 2.20. The lowest BCUT2D eigenvalue weighted by Crippen LogP contribution is -1.97. The van der Waals surface area contributed by atoms with E-state index in [9.17, 15) is 4.39 Å². The van der Waals surface area contributed by atoms with Crippen molar-refractivity contribution in [2.45, 2.75) is 6.54 Å². The maximum Gasteiger partial charge on any atom is 0.240 e. The summed E-state index contributed by atoms with van der Waals surface area (Å²) < 4.78 is 23.7. The van der Waals surface area contributed by atoms with Crippen LogP contribution in [0.25, 0.3) is 11.4 Å². The Morgan fingerprint density at radius 1 is 1.53 bits per heavy atom. The van der Waals surface area contributed by atoms with Crippen molar-refractivity contribution in [1.29, 1.82) is 0 Å². The molecule has 90 valence electrons. The van der Waals surface area contributed by atoms with Gasteiger partial charge in [0.15, 0.2) is 5.82 Å². The Labute approximate surface area is 101 Å². The number of hydrogen-bond donors (Lipinski definition) is 1. The Hall–Kier alpha value is -1.66. The van der Waals surface area contributed by atoms with Crippen LogP contribution in [0.15, 0.2) is 16.7 Å². The van der Waals surface area contributed by atoms with E-state index in [1.54, 1.807) is 0 Å². The van der Waals surface area contributed by atoms with E-state index >= 15 is 0 Å². The van der Waals surface area contributed by atoms with Crippen molar-refractivity contribution in [2.75, 3.05) is 7.11 Å². The molecule has 2 rings (SSSR count). The second kappa shape index (κ2) is 4.68. The zero-order chi connectivity index (χ0) is 12.4. The first-order valence-corrected chi connectivity index (χ1v) is 5.10. The van der Waals surface area contributed by atoms with Crippen LogP contribution in [0.5, 0.6) is 5.75 Å². The number of methoxy groups -OCH3 is 1. The van der Waals surface area contributed by atoms with Crippen molar-refractivity contribution < 1.29 is 13.7 Å². The van der Waals surface area contributed by atoms with Gasteiger partial charge in [0.2, 0.25) is 11.7 Å². The average molecular weight is 258 g/mol. The van der Waals surface area contributed by atoms with Gasteiger partial charge in [-0.05, 0) is 12.1 Å². The van der Waals surface area contributed by atoms with Crippen LogP contribution in [-0.4, -0.2) is 17.3 Å². The molecule has 5 nitrogen and oxygen atoms in total. The van der Waals surface area contributed by atoms with Gasteiger partial charge < -0.3 is 15.0 Å². The Bertz CT molecular complexity index is 544. The van der Waals surface area contributed by atoms with Gasteiger partial charge in [0.1, 0.15) is 11.3 Å². The molecule has 1 aromatic carbocycles. The van der Waals surface area contributed by atoms with Crippen LogP contribution in [-0.2, 0) is 6.54 Å². The minimum absolute atomic E-state index is 0.0418. The summed E-state index contributed by atoms with van der Waals surface area (Å²) in [7, 11) is 1.41. The first-order valence-electron chi connectivity index (χ1n) is 4.72. The number of hydrogen-bond acceptors (Lipinski definition) is 5. The number of benzene rings is 1. The summed E-state index contributed by atoms with van der Waals surface area (Å²) >= 11 is 5.69. The smallest absolute Gasteiger partial charge is 0.240 e. The lowest BCUT2D eigenvalue weighted by molar-refractivity contribution is 0.379. The molecular formula is C10H9ClFN3O2. The zero-order valence-electron chi connectivity index (χ0n) is 8.91. The van der Waals surface area contributed by atoms with E-state index in [1.807, 2.05) is 0 Å². The third kappa shape index (κ3) is 2.09. The van der Waals surface area contributed by atoms with Crippen LogP contribution in [0.3, 0.4) is 0 Å². The number of ether oxygens (including phenoxy) is 1. The van der Waals surface area contributed by atoms with E-state index in [1.165, 1.54) is 19.2 Å². The van der Waals surface area contributed by atoms with Crippen molar-refractivity contribution in [2.24, 2.45) is 5.73 Å². The van der Waals surface area contributed by atoms with E-state index in [0.717, 1.165) is 0 Å². The van der Waals surface area contributed by atoms with Gasteiger partial charge in [-0.1, -0.05) is 16.8 Å². The van der Waals surface area contributed by atoms with Gasteiger partial charge in [-0.25, -0.2) is 4.39 Å². The van der Waals surface area contributed by atoms with E-state index in [2.05, 4.69) is 10.1 Å². The van der Waals surface area contributed by atoms with Crippen LogP contribution < -0.4 is 10.5 Å². The number of nitrogens with two attached hydrogens (primary N) is 1. The summed E-state index contributed by atoms with van der Waals surface area (Å²) in [4.78, 5) is 3.93. The first-order chi connectivity index (χ1) is 8.17. The molecule has 0 amide bonds. The topological polar surface area (TPSA) is 74.2 Å². The van der Waals surface area contributed by atoms with E-state index < -0.39 is 5.82 Å². The van der Waals surface area contributed by atoms with Crippen LogP contribution >= 0.6 is 11.6 Å². The van der Waals surface area contributed by atoms with Crippen molar-refractivity contribution in [3.8, 4) is 17.1 Å². The van der Waals surface area contributed by atoms with Gasteiger partial charge in [-0.2, -0.15) is 4.98 Å². The minimum atomic E-state index is -0.657. The number of aromatic nitrogens is 2. The van der Waals surface area contributed by atoms with E-state index in [0.29, 0.717) is 0 Å². The van der Waals surface area contributed by atoms with Crippen molar-refractivity contribution in [3.05, 3.63) is 28.9 Å². The molecule has 7 heteroatoms. The average Bonchev–Trinajstić information content (AvgIpc) is 2.80. The van der Waals surface area contributed by atoms with Crippen molar-refractivity contribution in [3.63, 3.8) is 0 Å². The third-order valence-electron chi connectivity index (χ3n) is 2.14. The van der Waals surface area contributed by atoms with Crippen LogP contribution in [0.1, 0.15) is 5.89 Å². The van der Waals surface area contributed by atoms with Gasteiger partial charge in [0.05, 0.1) is 18.7 Å². The van der Waals surface area contributed by atoms with Crippen molar-refractivity contribution >= 4 is 11.6 Å². The number of nitrogens with zero attached hydrogens (tertiary/aromatic N) is 2. The van der Waals surface area contributed by atoms with Crippen molar-refractivity contribution in [1.82, 2.24) is 10.1 Å². The quantitative estimate of drug-likeness (QED) is 0.910. The number of rotatable bonds is 3. The summed E-state index contributed by atoms with van der Waals surface area (Å²) in [6.07, 6.45) is 0. The Kier molecular flexibility index (Phi) is 3.26. The SMILES string of the molecule is COc1ccc(Cl)c(F)c1-c1noc(CN)n1. The fourth-order valence-corrected chi connectivity index (χ4v) is 1.51. The maximum absolute atomic E-state index is 13.9. The molecule has 1 heterocycles. The molecule has 17 heavy (non-hydrogen) atoms. The highest BCUT2D eigenvalue weighted by molar-refractivity contribution is 6.31. The molecule has 2 N–H and O–H groups in total. The van der Waals surface area contributed by atoms with Gasteiger partial charge in [0.25, 0.3) is 0 Å². The zero-order valence-corrected chi connectivity index (χ0v) is 9.66. The molecule has 0 bridgehead atoms. The maximum atomic E-state index is 13.9. The largest absolute Gasteiger partial charge is 0.496 e. The Balaban J connectivity index is 2.60. The van der Waals surface area contributed by atoms with Gasteiger partial charge in [0, 0.05) is 0 Å². The monoisotopic (exact) mass is 257 g/mol. The fraction of sp³-hybridized carbons (Fsp3) is 0.200. The normalized spacial score (nSPS) is 10.6. The lowest BCUT2D eigenvalue weighted by Gasteiger charge is -2.06. The molecule has 2 aromatic rings. The predicted octanol–water partition coefficient (Wildman–Crippen LogP) is 2.00. The van der Waals surface area contributed by atoms with E-state index in [4.69, 9.17) is 26.6 Å². The van der Waals surface area contributed by atoms with Gasteiger partial charge in [-0.15, -0.1) is 0 Å². The third-order valence-corrected chi connectivity index (χ3v) is 2.43. The number of halogens is 2. The summed E-state index contributed by atoms with van der Waals surface area (Å²) in [5.74, 6) is -0.115. The summed E-state index contributed by atoms with van der Waals surface area (Å²) in [6, 6.07) is 2.92. The lowest BCUT2D eigenvalue weighted by atomic mass is 10.1. The van der Waals surface area contributed by atoms with Crippen LogP contribution in [0.2, 0.25) is 5.02 Å². The standard InChI is InChI=1S/C10H9ClFN3O2/c1-16-6-3-2-5(11)9(12)8(6)10-14-7(4-13)17-15-10/h2-3H,4,13H2,1H3. The molecule has 0 aliphatic rings. The predicted molar refractivity (Wildman–Crippen MR) is 59.1 cm³/mol. The molecule has 0 unspecified atom stereocenters. The van der Waals surface area contributed by atoms with E-state index in [-0.39, 0.29) is 34.6 Å². The fourth-order valence-electron chi connectivity index (χ4n) is 1.35. The van der Waals surface area contributed by atoms with Crippen LogP contribution in [0, 0.1) is 5.82 Å². The highest BCUT2D eigenvalue weighted by Crippen LogP contribution is 2.34. The first kappa shape index (κ1) is 11.8. The van der Waals surface area contributed by atoms with Gasteiger partial charge in [-0.3, -0.25) is 0 Å². The summed E-state index contributed by atoms with van der Waals surface area (Å²) in [5, 5.41) is 3.58. The molecule has 0 atom stereocenters. The Morgan fingerprint density at radius 3 is 2.88 bits per heavy atom. The molecule has 0 spiro atoms. The molecule has 0 saturated heterocycles. The summed E-state index contributed by atoms with van der Waals surface area (Å²) in [6.45, 7) is 0.0809. The van der Waals surface area contributed by atoms with Crippen LogP contribution in [0.4, 0.5) is 4.39 Å². The molecule has 0 radical (unpaired) electrons. The molecule has 1 aromatic heterocycles. The molecule has 0 aliphatic carbocycles. The van der Waals surface area contributed by atoms with Gasteiger partial charge >= 0.3 is 0 Å².